The number of halogens is 1. The van der Waals surface area contributed by atoms with Gasteiger partial charge in [0.25, 0.3) is 0 Å². The topological polar surface area (TPSA) is 38.3 Å². The van der Waals surface area contributed by atoms with Crippen LogP contribution in [0.2, 0.25) is 0 Å². The molecule has 0 radical (unpaired) electrons. The summed E-state index contributed by atoms with van der Waals surface area (Å²) in [5.41, 5.74) is 0. The predicted molar refractivity (Wildman–Crippen MR) is 47.3 cm³/mol. The first-order chi connectivity index (χ1) is 5.75. The third kappa shape index (κ3) is 2.35. The van der Waals surface area contributed by atoms with E-state index in [-0.39, 0.29) is 12.0 Å². The van der Waals surface area contributed by atoms with Gasteiger partial charge in [-0.3, -0.25) is 4.79 Å². The molecule has 0 aliphatic carbocycles. The molecular weight excluding hydrogens is 178 g/mol. The van der Waals surface area contributed by atoms with Gasteiger partial charge in [-0.1, -0.05) is 6.92 Å². The largest absolute Gasteiger partial charge is 0.368 e. The molecule has 3 nitrogen and oxygen atoms in total. The summed E-state index contributed by atoms with van der Waals surface area (Å²) in [6, 6.07) is 0. The molecule has 0 saturated carbocycles. The Morgan fingerprint density at radius 1 is 1.75 bits per heavy atom. The Balaban J connectivity index is 2.30. The Labute approximate surface area is 77.4 Å². The number of ether oxygens (including phenoxy) is 1. The number of alkyl halides is 1. The van der Waals surface area contributed by atoms with E-state index >= 15 is 0 Å². The number of carbonyl (C=O) groups excluding carboxylic acids is 1. The molecule has 70 valence electrons. The molecule has 1 fully saturated rings. The van der Waals surface area contributed by atoms with E-state index in [4.69, 9.17) is 16.3 Å². The van der Waals surface area contributed by atoms with E-state index < -0.39 is 0 Å². The predicted octanol–water partition coefficient (Wildman–Crippen LogP) is 0.766. The zero-order valence-electron chi connectivity index (χ0n) is 7.18. The van der Waals surface area contributed by atoms with Crippen LogP contribution in [0.4, 0.5) is 0 Å². The highest BCUT2D eigenvalue weighted by atomic mass is 35.5. The van der Waals surface area contributed by atoms with Crippen LogP contribution in [0.3, 0.4) is 0 Å². The molecule has 12 heavy (non-hydrogen) atoms. The van der Waals surface area contributed by atoms with Gasteiger partial charge in [-0.2, -0.15) is 0 Å². The van der Waals surface area contributed by atoms with Crippen molar-refractivity contribution in [1.82, 2.24) is 5.32 Å². The highest BCUT2D eigenvalue weighted by molar-refractivity contribution is 6.18. The van der Waals surface area contributed by atoms with E-state index in [1.807, 2.05) is 6.92 Å². The lowest BCUT2D eigenvalue weighted by Crippen LogP contribution is -2.38. The third-order valence-electron chi connectivity index (χ3n) is 2.04. The van der Waals surface area contributed by atoms with Crippen molar-refractivity contribution >= 4 is 17.5 Å². The molecule has 1 saturated heterocycles. The molecule has 1 N–H and O–H groups in total. The van der Waals surface area contributed by atoms with Crippen molar-refractivity contribution < 1.29 is 9.53 Å². The van der Waals surface area contributed by atoms with Crippen molar-refractivity contribution in [2.75, 3.05) is 19.0 Å². The Bertz CT molecular complexity index is 163. The number of hydrogen-bond donors (Lipinski definition) is 1. The fourth-order valence-electron chi connectivity index (χ4n) is 1.30. The maximum atomic E-state index is 11.3. The lowest BCUT2D eigenvalue weighted by molar-refractivity contribution is -0.131. The van der Waals surface area contributed by atoms with Gasteiger partial charge in [-0.25, -0.2) is 0 Å². The molecule has 0 aromatic heterocycles. The Hall–Kier alpha value is -0.280. The van der Waals surface area contributed by atoms with Crippen molar-refractivity contribution in [1.29, 1.82) is 0 Å². The molecule has 1 aliphatic heterocycles. The van der Waals surface area contributed by atoms with Crippen molar-refractivity contribution in [2.24, 2.45) is 5.92 Å². The fraction of sp³-hybridized carbons (Fsp3) is 0.875. The highest BCUT2D eigenvalue weighted by Crippen LogP contribution is 2.19. The third-order valence-corrected chi connectivity index (χ3v) is 2.23. The van der Waals surface area contributed by atoms with E-state index in [1.165, 1.54) is 0 Å². The van der Waals surface area contributed by atoms with Crippen LogP contribution < -0.4 is 5.32 Å². The maximum absolute atomic E-state index is 11.3. The first-order valence-corrected chi connectivity index (χ1v) is 4.74. The lowest BCUT2D eigenvalue weighted by Gasteiger charge is -2.13. The molecule has 2 unspecified atom stereocenters. The van der Waals surface area contributed by atoms with Crippen LogP contribution in [-0.2, 0) is 9.53 Å². The Morgan fingerprint density at radius 3 is 3.00 bits per heavy atom. The van der Waals surface area contributed by atoms with Gasteiger partial charge in [-0.15, -0.1) is 11.6 Å². The number of rotatable bonds is 3. The molecule has 0 bridgehead atoms. The average molecular weight is 192 g/mol. The summed E-state index contributed by atoms with van der Waals surface area (Å²) in [5.74, 6) is 0.758. The average Bonchev–Trinajstić information content (AvgIpc) is 2.47. The minimum atomic E-state index is -0.256. The van der Waals surface area contributed by atoms with Gasteiger partial charge in [0.1, 0.15) is 6.10 Å². The first kappa shape index (κ1) is 9.81. The lowest BCUT2D eigenvalue weighted by atomic mass is 10.0. The Morgan fingerprint density at radius 2 is 2.50 bits per heavy atom. The first-order valence-electron chi connectivity index (χ1n) is 4.21. The normalized spacial score (nSPS) is 28.8. The van der Waals surface area contributed by atoms with Gasteiger partial charge in [-0.05, 0) is 12.3 Å². The molecule has 0 aromatic carbocycles. The second kappa shape index (κ2) is 4.67. The van der Waals surface area contributed by atoms with E-state index in [0.717, 1.165) is 6.42 Å². The second-order valence-electron chi connectivity index (χ2n) is 3.04. The van der Waals surface area contributed by atoms with Crippen molar-refractivity contribution in [3.8, 4) is 0 Å². The Kier molecular flexibility index (Phi) is 3.82. The van der Waals surface area contributed by atoms with Crippen LogP contribution in [0.25, 0.3) is 0 Å². The molecule has 1 rings (SSSR count). The molecule has 1 amide bonds. The SMILES string of the molecule is CC1CCOC1C(=O)NCCCl. The molecular formula is C8H14ClNO2. The quantitative estimate of drug-likeness (QED) is 0.670. The van der Waals surface area contributed by atoms with Crippen molar-refractivity contribution in [2.45, 2.75) is 19.4 Å². The van der Waals surface area contributed by atoms with E-state index in [2.05, 4.69) is 5.32 Å². The van der Waals surface area contributed by atoms with Gasteiger partial charge in [0.15, 0.2) is 0 Å². The van der Waals surface area contributed by atoms with Crippen LogP contribution in [0.5, 0.6) is 0 Å². The number of amides is 1. The minimum absolute atomic E-state index is 0.0272. The zero-order chi connectivity index (χ0) is 8.97. The van der Waals surface area contributed by atoms with E-state index in [1.54, 1.807) is 0 Å². The minimum Gasteiger partial charge on any atom is -0.368 e. The molecule has 0 spiro atoms. The van der Waals surface area contributed by atoms with Gasteiger partial charge in [0, 0.05) is 19.0 Å². The van der Waals surface area contributed by atoms with Crippen molar-refractivity contribution in [3.63, 3.8) is 0 Å². The maximum Gasteiger partial charge on any atom is 0.249 e. The second-order valence-corrected chi connectivity index (χ2v) is 3.42. The monoisotopic (exact) mass is 191 g/mol. The number of nitrogens with one attached hydrogen (secondary N) is 1. The summed E-state index contributed by atoms with van der Waals surface area (Å²) < 4.78 is 5.27. The van der Waals surface area contributed by atoms with E-state index in [9.17, 15) is 4.79 Å². The van der Waals surface area contributed by atoms with Crippen molar-refractivity contribution in [3.05, 3.63) is 0 Å². The summed E-state index contributed by atoms with van der Waals surface area (Å²) >= 11 is 5.43. The van der Waals surface area contributed by atoms with Gasteiger partial charge in [0.2, 0.25) is 5.91 Å². The summed E-state index contributed by atoms with van der Waals surface area (Å²) in [6.45, 7) is 3.24. The number of carbonyl (C=O) groups is 1. The van der Waals surface area contributed by atoms with Crippen LogP contribution in [0.15, 0.2) is 0 Å². The molecule has 1 aliphatic rings. The van der Waals surface area contributed by atoms with E-state index in [0.29, 0.717) is 24.9 Å². The summed E-state index contributed by atoms with van der Waals surface area (Å²) in [4.78, 5) is 11.3. The molecule has 1 heterocycles. The molecule has 2 atom stereocenters. The molecule has 4 heteroatoms. The van der Waals surface area contributed by atoms with Crippen LogP contribution in [0, 0.1) is 5.92 Å². The van der Waals surface area contributed by atoms with Crippen LogP contribution in [-0.4, -0.2) is 31.0 Å². The summed E-state index contributed by atoms with van der Waals surface area (Å²) in [7, 11) is 0. The molecule has 0 aromatic rings. The zero-order valence-corrected chi connectivity index (χ0v) is 7.93. The van der Waals surface area contributed by atoms with Crippen LogP contribution in [0.1, 0.15) is 13.3 Å². The number of hydrogen-bond acceptors (Lipinski definition) is 2. The smallest absolute Gasteiger partial charge is 0.249 e. The standard InChI is InChI=1S/C8H14ClNO2/c1-6-2-5-12-7(6)8(11)10-4-3-9/h6-7H,2-5H2,1H3,(H,10,11). The summed E-state index contributed by atoms with van der Waals surface area (Å²) in [5, 5.41) is 2.71. The fourth-order valence-corrected chi connectivity index (χ4v) is 1.40. The van der Waals surface area contributed by atoms with Gasteiger partial charge in [0.05, 0.1) is 0 Å². The van der Waals surface area contributed by atoms with Crippen LogP contribution >= 0.6 is 11.6 Å². The van der Waals surface area contributed by atoms with Gasteiger partial charge < -0.3 is 10.1 Å². The van der Waals surface area contributed by atoms with Gasteiger partial charge >= 0.3 is 0 Å². The highest BCUT2D eigenvalue weighted by Gasteiger charge is 2.30. The summed E-state index contributed by atoms with van der Waals surface area (Å²) in [6.07, 6.45) is 0.715.